The van der Waals surface area contributed by atoms with E-state index in [1.807, 2.05) is 0 Å². The van der Waals surface area contributed by atoms with Crippen molar-refractivity contribution in [3.05, 3.63) is 104 Å². The van der Waals surface area contributed by atoms with Crippen LogP contribution >= 0.6 is 0 Å². The first-order valence-corrected chi connectivity index (χ1v) is 10.4. The van der Waals surface area contributed by atoms with Crippen LogP contribution in [0.1, 0.15) is 15.9 Å². The lowest BCUT2D eigenvalue weighted by Gasteiger charge is -2.07. The van der Waals surface area contributed by atoms with Crippen LogP contribution in [-0.2, 0) is 10.1 Å². The number of nitro groups is 2. The Morgan fingerprint density at radius 1 is 0.909 bits per heavy atom. The minimum absolute atomic E-state index is 0.0426. The van der Waals surface area contributed by atoms with Gasteiger partial charge in [-0.2, -0.15) is 13.5 Å². The van der Waals surface area contributed by atoms with E-state index in [1.54, 1.807) is 6.07 Å². The van der Waals surface area contributed by atoms with E-state index in [2.05, 4.69) is 10.5 Å². The molecule has 0 aliphatic carbocycles. The molecule has 0 heterocycles. The summed E-state index contributed by atoms with van der Waals surface area (Å²) in [6, 6.07) is 15.0. The van der Waals surface area contributed by atoms with E-state index in [0.717, 1.165) is 24.3 Å². The van der Waals surface area contributed by atoms with Crippen molar-refractivity contribution in [2.24, 2.45) is 5.10 Å². The zero-order chi connectivity index (χ0) is 24.0. The van der Waals surface area contributed by atoms with Gasteiger partial charge in [-0.1, -0.05) is 12.1 Å². The second-order valence-corrected chi connectivity index (χ2v) is 7.91. The van der Waals surface area contributed by atoms with E-state index < -0.39 is 25.9 Å². The maximum atomic E-state index is 12.4. The van der Waals surface area contributed by atoms with Gasteiger partial charge in [0.15, 0.2) is 0 Å². The van der Waals surface area contributed by atoms with Crippen LogP contribution < -0.4 is 9.61 Å². The first-order valence-electron chi connectivity index (χ1n) is 9.02. The van der Waals surface area contributed by atoms with Gasteiger partial charge in [-0.05, 0) is 42.0 Å². The number of nitro benzene ring substituents is 2. The van der Waals surface area contributed by atoms with Gasteiger partial charge in [-0.15, -0.1) is 0 Å². The third-order valence-corrected chi connectivity index (χ3v) is 5.38. The van der Waals surface area contributed by atoms with Crippen molar-refractivity contribution < 1.29 is 27.2 Å². The normalized spacial score (nSPS) is 11.2. The predicted octanol–water partition coefficient (Wildman–Crippen LogP) is 3.03. The Labute approximate surface area is 186 Å². The first kappa shape index (κ1) is 23.0. The molecular weight excluding hydrogens is 456 g/mol. The smallest absolute Gasteiger partial charge is 0.339 e. The molecule has 3 rings (SSSR count). The molecule has 3 aromatic rings. The number of nitrogens with zero attached hydrogens (tertiary/aromatic N) is 3. The molecule has 0 bridgehead atoms. The Balaban J connectivity index is 1.66. The average molecular weight is 470 g/mol. The van der Waals surface area contributed by atoms with Gasteiger partial charge < -0.3 is 4.18 Å². The molecule has 0 spiro atoms. The van der Waals surface area contributed by atoms with Crippen LogP contribution in [0, 0.1) is 20.2 Å². The highest BCUT2D eigenvalue weighted by atomic mass is 32.2. The fourth-order valence-corrected chi connectivity index (χ4v) is 3.44. The average Bonchev–Trinajstić information content (AvgIpc) is 2.79. The molecular formula is C20H14N4O8S. The van der Waals surface area contributed by atoms with Crippen molar-refractivity contribution in [1.29, 1.82) is 0 Å². The Bertz CT molecular complexity index is 1340. The van der Waals surface area contributed by atoms with Gasteiger partial charge in [0.2, 0.25) is 0 Å². The van der Waals surface area contributed by atoms with E-state index in [9.17, 15) is 33.4 Å². The Morgan fingerprint density at radius 2 is 1.48 bits per heavy atom. The van der Waals surface area contributed by atoms with Crippen LogP contribution in [0.2, 0.25) is 0 Å². The Hall–Kier alpha value is -4.65. The zero-order valence-electron chi connectivity index (χ0n) is 16.5. The number of carbonyl (C=O) groups excluding carboxylic acids is 1. The molecule has 0 saturated heterocycles. The molecule has 0 aromatic heterocycles. The molecule has 0 unspecified atom stereocenters. The van der Waals surface area contributed by atoms with Crippen molar-refractivity contribution in [1.82, 2.24) is 5.43 Å². The molecule has 0 atom stereocenters. The first-order chi connectivity index (χ1) is 15.7. The molecule has 33 heavy (non-hydrogen) atoms. The van der Waals surface area contributed by atoms with Gasteiger partial charge in [-0.3, -0.25) is 25.0 Å². The molecule has 12 nitrogen and oxygen atoms in total. The molecule has 0 aliphatic heterocycles. The zero-order valence-corrected chi connectivity index (χ0v) is 17.3. The molecule has 3 aromatic carbocycles. The van der Waals surface area contributed by atoms with Crippen molar-refractivity contribution in [2.75, 3.05) is 0 Å². The van der Waals surface area contributed by atoms with E-state index in [1.165, 1.54) is 48.7 Å². The van der Waals surface area contributed by atoms with Crippen molar-refractivity contribution in [2.45, 2.75) is 4.90 Å². The van der Waals surface area contributed by atoms with Crippen molar-refractivity contribution in [3.63, 3.8) is 0 Å². The summed E-state index contributed by atoms with van der Waals surface area (Å²) in [5.74, 6) is -0.645. The maximum Gasteiger partial charge on any atom is 0.339 e. The monoisotopic (exact) mass is 470 g/mol. The largest absolute Gasteiger partial charge is 0.379 e. The molecule has 0 radical (unpaired) electrons. The molecule has 13 heteroatoms. The van der Waals surface area contributed by atoms with Gasteiger partial charge >= 0.3 is 10.1 Å². The van der Waals surface area contributed by atoms with Crippen LogP contribution in [0.5, 0.6) is 5.75 Å². The van der Waals surface area contributed by atoms with Crippen LogP contribution in [0.4, 0.5) is 11.4 Å². The van der Waals surface area contributed by atoms with Gasteiger partial charge in [0.05, 0.1) is 16.1 Å². The van der Waals surface area contributed by atoms with E-state index in [0.29, 0.717) is 5.56 Å². The fraction of sp³-hybridized carbons (Fsp3) is 0. The summed E-state index contributed by atoms with van der Waals surface area (Å²) in [6.45, 7) is 0. The number of hydrogen-bond acceptors (Lipinski definition) is 9. The highest BCUT2D eigenvalue weighted by Crippen LogP contribution is 2.21. The second-order valence-electron chi connectivity index (χ2n) is 6.36. The molecule has 1 amide bonds. The highest BCUT2D eigenvalue weighted by molar-refractivity contribution is 7.87. The van der Waals surface area contributed by atoms with Crippen molar-refractivity contribution >= 4 is 33.6 Å². The third-order valence-electron chi connectivity index (χ3n) is 4.12. The number of hydrogen-bond donors (Lipinski definition) is 1. The van der Waals surface area contributed by atoms with Gasteiger partial charge in [0.25, 0.3) is 17.3 Å². The lowest BCUT2D eigenvalue weighted by Crippen LogP contribution is -2.17. The van der Waals surface area contributed by atoms with E-state index in [-0.39, 0.29) is 27.6 Å². The molecule has 0 fully saturated rings. The number of hydrazone groups is 1. The second kappa shape index (κ2) is 9.65. The molecule has 1 N–H and O–H groups in total. The minimum Gasteiger partial charge on any atom is -0.379 e. The van der Waals surface area contributed by atoms with Gasteiger partial charge in [-0.25, -0.2) is 5.43 Å². The number of nitrogens with one attached hydrogen (secondary N) is 1. The Kier molecular flexibility index (Phi) is 6.74. The molecule has 0 aliphatic rings. The standard InChI is InChI=1S/C20H14N4O8S/c25-20(15-4-6-16(7-5-15)23(26)27)22-21-13-14-2-1-3-18(12-14)32-33(30,31)19-10-8-17(9-11-19)24(28)29/h1-13H,(H,22,25)/b21-13-. The summed E-state index contributed by atoms with van der Waals surface area (Å²) in [5.41, 5.74) is 2.39. The predicted molar refractivity (Wildman–Crippen MR) is 116 cm³/mol. The summed E-state index contributed by atoms with van der Waals surface area (Å²) in [4.78, 5) is 31.9. The van der Waals surface area contributed by atoms with Gasteiger partial charge in [0, 0.05) is 29.8 Å². The number of carbonyl (C=O) groups is 1. The minimum atomic E-state index is -4.24. The SMILES string of the molecule is O=C(N/N=C\c1cccc(OS(=O)(=O)c2ccc([N+](=O)[O-])cc2)c1)c1ccc([N+](=O)[O-])cc1. The lowest BCUT2D eigenvalue weighted by atomic mass is 10.2. The molecule has 0 saturated carbocycles. The number of non-ortho nitro benzene ring substituents is 2. The van der Waals surface area contributed by atoms with E-state index >= 15 is 0 Å². The summed E-state index contributed by atoms with van der Waals surface area (Å²) in [7, 11) is -4.24. The quantitative estimate of drug-likeness (QED) is 0.226. The molecule has 168 valence electrons. The van der Waals surface area contributed by atoms with E-state index in [4.69, 9.17) is 4.18 Å². The number of amides is 1. The topological polar surface area (TPSA) is 171 Å². The summed E-state index contributed by atoms with van der Waals surface area (Å²) >= 11 is 0. The lowest BCUT2D eigenvalue weighted by molar-refractivity contribution is -0.385. The van der Waals surface area contributed by atoms with Crippen LogP contribution in [0.25, 0.3) is 0 Å². The number of rotatable bonds is 8. The van der Waals surface area contributed by atoms with Crippen LogP contribution in [0.15, 0.2) is 82.8 Å². The summed E-state index contributed by atoms with van der Waals surface area (Å²) in [6.07, 6.45) is 1.24. The summed E-state index contributed by atoms with van der Waals surface area (Å²) in [5, 5.41) is 25.1. The number of benzene rings is 3. The van der Waals surface area contributed by atoms with Crippen molar-refractivity contribution in [3.8, 4) is 5.75 Å². The summed E-state index contributed by atoms with van der Waals surface area (Å²) < 4.78 is 29.8. The van der Waals surface area contributed by atoms with Crippen LogP contribution in [-0.4, -0.2) is 30.4 Å². The fourth-order valence-electron chi connectivity index (χ4n) is 2.52. The third kappa shape index (κ3) is 5.95. The maximum absolute atomic E-state index is 12.4. The van der Waals surface area contributed by atoms with Gasteiger partial charge in [0.1, 0.15) is 10.6 Å². The Morgan fingerprint density at radius 3 is 2.06 bits per heavy atom. The van der Waals surface area contributed by atoms with Crippen LogP contribution in [0.3, 0.4) is 0 Å². The highest BCUT2D eigenvalue weighted by Gasteiger charge is 2.18.